The van der Waals surface area contributed by atoms with Crippen LogP contribution in [0.5, 0.6) is 0 Å². The fourth-order valence-corrected chi connectivity index (χ4v) is 3.76. The number of fused-ring (bicyclic) bond motifs is 1. The fourth-order valence-electron chi connectivity index (χ4n) is 2.56. The molecule has 0 saturated carbocycles. The Balaban J connectivity index is 1.95. The van der Waals surface area contributed by atoms with Crippen LogP contribution in [0, 0.1) is 6.92 Å². The summed E-state index contributed by atoms with van der Waals surface area (Å²) in [4.78, 5) is 2.30. The predicted molar refractivity (Wildman–Crippen MR) is 81.0 cm³/mol. The van der Waals surface area contributed by atoms with Crippen LogP contribution in [0.4, 0.5) is 5.82 Å². The SMILES string of the molecule is Cc1ccc(N2CCc3c(cccc3S(=O)(=O)Cl)C2)nn1. The minimum atomic E-state index is -3.71. The van der Waals surface area contributed by atoms with Crippen molar-refractivity contribution in [3.05, 3.63) is 47.2 Å². The van der Waals surface area contributed by atoms with Gasteiger partial charge in [0.2, 0.25) is 0 Å². The second kappa shape index (κ2) is 5.27. The molecule has 0 saturated heterocycles. The summed E-state index contributed by atoms with van der Waals surface area (Å²) in [7, 11) is 1.80. The molecule has 1 aliphatic heterocycles. The minimum Gasteiger partial charge on any atom is -0.350 e. The van der Waals surface area contributed by atoms with Crippen molar-refractivity contribution in [2.24, 2.45) is 0 Å². The Labute approximate surface area is 128 Å². The topological polar surface area (TPSA) is 63.2 Å². The predicted octanol–water partition coefficient (Wildman–Crippen LogP) is 2.28. The molecule has 1 aliphatic rings. The van der Waals surface area contributed by atoms with Crippen LogP contribution in [-0.4, -0.2) is 25.2 Å². The van der Waals surface area contributed by atoms with Crippen molar-refractivity contribution in [3.8, 4) is 0 Å². The lowest BCUT2D eigenvalue weighted by molar-refractivity contribution is 0.606. The van der Waals surface area contributed by atoms with Gasteiger partial charge in [-0.05, 0) is 42.7 Å². The van der Waals surface area contributed by atoms with Crippen LogP contribution < -0.4 is 4.90 Å². The largest absolute Gasteiger partial charge is 0.350 e. The van der Waals surface area contributed by atoms with Gasteiger partial charge in [-0.25, -0.2) is 8.42 Å². The van der Waals surface area contributed by atoms with Crippen molar-refractivity contribution in [2.45, 2.75) is 24.8 Å². The zero-order valence-corrected chi connectivity index (χ0v) is 13.0. The van der Waals surface area contributed by atoms with E-state index < -0.39 is 9.05 Å². The molecule has 2 aromatic rings. The first-order chi connectivity index (χ1) is 9.95. The van der Waals surface area contributed by atoms with E-state index in [0.29, 0.717) is 19.5 Å². The molecule has 0 N–H and O–H groups in total. The highest BCUT2D eigenvalue weighted by Gasteiger charge is 2.24. The first-order valence-electron chi connectivity index (χ1n) is 6.56. The number of hydrogen-bond donors (Lipinski definition) is 0. The summed E-state index contributed by atoms with van der Waals surface area (Å²) in [6.07, 6.45) is 0.618. The van der Waals surface area contributed by atoms with Crippen LogP contribution in [0.25, 0.3) is 0 Å². The summed E-state index contributed by atoms with van der Waals surface area (Å²) in [5.41, 5.74) is 2.64. The quantitative estimate of drug-likeness (QED) is 0.793. The van der Waals surface area contributed by atoms with Crippen LogP contribution >= 0.6 is 10.7 Å². The molecule has 110 valence electrons. The Kier molecular flexibility index (Phi) is 3.59. The molecule has 1 aromatic heterocycles. The second-order valence-corrected chi connectivity index (χ2v) is 7.57. The molecule has 1 aromatic carbocycles. The van der Waals surface area contributed by atoms with Gasteiger partial charge in [0.05, 0.1) is 10.6 Å². The lowest BCUT2D eigenvalue weighted by atomic mass is 10.00. The molecule has 3 rings (SSSR count). The summed E-state index contributed by atoms with van der Waals surface area (Å²) in [6.45, 7) is 3.18. The van der Waals surface area contributed by atoms with Gasteiger partial charge >= 0.3 is 0 Å². The van der Waals surface area contributed by atoms with E-state index in [1.165, 1.54) is 0 Å². The molecular formula is C14H14ClN3O2S. The average molecular weight is 324 g/mol. The monoisotopic (exact) mass is 323 g/mol. The summed E-state index contributed by atoms with van der Waals surface area (Å²) < 4.78 is 23.2. The number of benzene rings is 1. The molecule has 0 amide bonds. The van der Waals surface area contributed by atoms with E-state index in [-0.39, 0.29) is 4.90 Å². The zero-order chi connectivity index (χ0) is 15.0. The maximum absolute atomic E-state index is 11.6. The average Bonchev–Trinajstić information content (AvgIpc) is 2.46. The lowest BCUT2D eigenvalue weighted by Gasteiger charge is -2.30. The van der Waals surface area contributed by atoms with Crippen molar-refractivity contribution in [1.82, 2.24) is 10.2 Å². The van der Waals surface area contributed by atoms with E-state index in [0.717, 1.165) is 22.6 Å². The van der Waals surface area contributed by atoms with Gasteiger partial charge in [-0.1, -0.05) is 12.1 Å². The Morgan fingerprint density at radius 2 is 2.00 bits per heavy atom. The Hall–Kier alpha value is -1.66. The first-order valence-corrected chi connectivity index (χ1v) is 8.87. The second-order valence-electron chi connectivity index (χ2n) is 5.04. The Bertz CT molecular complexity index is 775. The number of hydrogen-bond acceptors (Lipinski definition) is 5. The van der Waals surface area contributed by atoms with Gasteiger partial charge in [-0.15, -0.1) is 5.10 Å². The number of aromatic nitrogens is 2. The van der Waals surface area contributed by atoms with Crippen LogP contribution in [0.3, 0.4) is 0 Å². The van der Waals surface area contributed by atoms with Gasteiger partial charge in [0.1, 0.15) is 0 Å². The minimum absolute atomic E-state index is 0.219. The molecule has 5 nitrogen and oxygen atoms in total. The smallest absolute Gasteiger partial charge is 0.261 e. The third-order valence-corrected chi connectivity index (χ3v) is 5.00. The maximum Gasteiger partial charge on any atom is 0.261 e. The van der Waals surface area contributed by atoms with E-state index >= 15 is 0 Å². The van der Waals surface area contributed by atoms with E-state index in [4.69, 9.17) is 10.7 Å². The third-order valence-electron chi connectivity index (χ3n) is 3.59. The van der Waals surface area contributed by atoms with Gasteiger partial charge in [0.15, 0.2) is 5.82 Å². The highest BCUT2D eigenvalue weighted by Crippen LogP contribution is 2.29. The van der Waals surface area contributed by atoms with Gasteiger partial charge < -0.3 is 4.90 Å². The van der Waals surface area contributed by atoms with Crippen LogP contribution in [-0.2, 0) is 22.0 Å². The summed E-state index contributed by atoms with van der Waals surface area (Å²) in [5, 5.41) is 8.24. The van der Waals surface area contributed by atoms with Crippen LogP contribution in [0.1, 0.15) is 16.8 Å². The maximum atomic E-state index is 11.6. The molecule has 0 fully saturated rings. The van der Waals surface area contributed by atoms with Gasteiger partial charge in [-0.2, -0.15) is 5.10 Å². The number of rotatable bonds is 2. The fraction of sp³-hybridized carbons (Fsp3) is 0.286. The molecular weight excluding hydrogens is 310 g/mol. The third kappa shape index (κ3) is 2.87. The molecule has 0 aliphatic carbocycles. The van der Waals surface area contributed by atoms with Crippen molar-refractivity contribution in [1.29, 1.82) is 0 Å². The van der Waals surface area contributed by atoms with Crippen LogP contribution in [0.15, 0.2) is 35.2 Å². The van der Waals surface area contributed by atoms with Crippen LogP contribution in [0.2, 0.25) is 0 Å². The molecule has 0 atom stereocenters. The molecule has 0 unspecified atom stereocenters. The number of anilines is 1. The first kappa shape index (κ1) is 14.3. The van der Waals surface area contributed by atoms with Crippen molar-refractivity contribution in [3.63, 3.8) is 0 Å². The van der Waals surface area contributed by atoms with Gasteiger partial charge in [0.25, 0.3) is 9.05 Å². The van der Waals surface area contributed by atoms with Crippen molar-refractivity contribution < 1.29 is 8.42 Å². The highest BCUT2D eigenvalue weighted by molar-refractivity contribution is 8.13. The number of aryl methyl sites for hydroxylation is 1. The molecule has 21 heavy (non-hydrogen) atoms. The molecule has 0 radical (unpaired) electrons. The standard InChI is InChI=1S/C14H14ClN3O2S/c1-10-5-6-14(17-16-10)18-8-7-12-11(9-18)3-2-4-13(12)21(15,19)20/h2-6H,7-9H2,1H3. The lowest BCUT2D eigenvalue weighted by Crippen LogP contribution is -2.32. The number of halogens is 1. The summed E-state index contributed by atoms with van der Waals surface area (Å²) in [5.74, 6) is 0.797. The summed E-state index contributed by atoms with van der Waals surface area (Å²) in [6, 6.07) is 9.04. The summed E-state index contributed by atoms with van der Waals surface area (Å²) >= 11 is 0. The number of nitrogens with zero attached hydrogens (tertiary/aromatic N) is 3. The normalized spacial score (nSPS) is 14.9. The Morgan fingerprint density at radius 3 is 2.67 bits per heavy atom. The highest BCUT2D eigenvalue weighted by atomic mass is 35.7. The molecule has 2 heterocycles. The van der Waals surface area contributed by atoms with Gasteiger partial charge in [0, 0.05) is 23.8 Å². The van der Waals surface area contributed by atoms with Gasteiger partial charge in [-0.3, -0.25) is 0 Å². The molecule has 0 bridgehead atoms. The van der Waals surface area contributed by atoms with E-state index in [2.05, 4.69) is 15.1 Å². The molecule has 0 spiro atoms. The zero-order valence-electron chi connectivity index (χ0n) is 11.5. The van der Waals surface area contributed by atoms with E-state index in [9.17, 15) is 8.42 Å². The Morgan fingerprint density at radius 1 is 1.19 bits per heavy atom. The van der Waals surface area contributed by atoms with E-state index in [1.54, 1.807) is 12.1 Å². The van der Waals surface area contributed by atoms with Crippen molar-refractivity contribution in [2.75, 3.05) is 11.4 Å². The van der Waals surface area contributed by atoms with Crippen molar-refractivity contribution >= 4 is 25.6 Å². The molecule has 7 heteroatoms. The van der Waals surface area contributed by atoms with E-state index in [1.807, 2.05) is 25.1 Å².